The third-order valence-electron chi connectivity index (χ3n) is 3.37. The molecule has 2 rings (SSSR count). The van der Waals surface area contributed by atoms with E-state index in [1.807, 2.05) is 0 Å². The van der Waals surface area contributed by atoms with Crippen molar-refractivity contribution in [3.8, 4) is 11.3 Å². The second-order valence-corrected chi connectivity index (χ2v) is 5.16. The molecule has 1 aromatic carbocycles. The Kier molecular flexibility index (Phi) is 5.59. The number of aliphatic hydroxyl groups is 1. The number of aliphatic hydroxyl groups excluding tert-OH is 1. The van der Waals surface area contributed by atoms with Crippen LogP contribution in [-0.2, 0) is 9.53 Å². The quantitative estimate of drug-likeness (QED) is 0.811. The number of ether oxygens (including phenoxy) is 1. The first-order chi connectivity index (χ1) is 11.4. The zero-order valence-electron chi connectivity index (χ0n) is 13.2. The summed E-state index contributed by atoms with van der Waals surface area (Å²) in [5.74, 6) is -1.71. The molecule has 0 aliphatic carbocycles. The molecule has 0 aliphatic rings. The number of carbonyl (C=O) groups is 2. The molecule has 1 amide bonds. The van der Waals surface area contributed by atoms with E-state index in [-0.39, 0.29) is 11.4 Å². The number of esters is 1. The third-order valence-corrected chi connectivity index (χ3v) is 3.37. The van der Waals surface area contributed by atoms with E-state index in [4.69, 9.17) is 0 Å². The number of amides is 1. The molecule has 0 saturated carbocycles. The first-order valence-corrected chi connectivity index (χ1v) is 7.21. The highest BCUT2D eigenvalue weighted by atomic mass is 19.1. The highest BCUT2D eigenvalue weighted by Gasteiger charge is 2.26. The fourth-order valence-electron chi connectivity index (χ4n) is 2.07. The highest BCUT2D eigenvalue weighted by molar-refractivity contribution is 5.96. The van der Waals surface area contributed by atoms with E-state index in [1.165, 1.54) is 38.4 Å². The summed E-state index contributed by atoms with van der Waals surface area (Å²) in [6.45, 7) is 1.37. The lowest BCUT2D eigenvalue weighted by molar-refractivity contribution is -0.145. The van der Waals surface area contributed by atoms with Gasteiger partial charge in [-0.1, -0.05) is 12.1 Å². The maximum atomic E-state index is 13.2. The monoisotopic (exact) mass is 332 g/mol. The summed E-state index contributed by atoms with van der Waals surface area (Å²) in [5.41, 5.74) is 1.29. The maximum Gasteiger partial charge on any atom is 0.331 e. The molecule has 6 nitrogen and oxygen atoms in total. The van der Waals surface area contributed by atoms with Gasteiger partial charge in [0.2, 0.25) is 0 Å². The van der Waals surface area contributed by atoms with Gasteiger partial charge in [0, 0.05) is 11.8 Å². The van der Waals surface area contributed by atoms with E-state index in [9.17, 15) is 19.1 Å². The summed E-state index contributed by atoms with van der Waals surface area (Å²) in [7, 11) is 1.17. The Bertz CT molecular complexity index is 732. The Balaban J connectivity index is 2.15. The van der Waals surface area contributed by atoms with E-state index in [0.29, 0.717) is 11.3 Å². The number of nitrogens with zero attached hydrogens (tertiary/aromatic N) is 1. The summed E-state index contributed by atoms with van der Waals surface area (Å²) in [6.07, 6.45) is 0.201. The van der Waals surface area contributed by atoms with Crippen LogP contribution in [0.25, 0.3) is 11.3 Å². The van der Waals surface area contributed by atoms with E-state index in [1.54, 1.807) is 18.2 Å². The lowest BCUT2D eigenvalue weighted by Gasteiger charge is -2.18. The Morgan fingerprint density at radius 1 is 1.29 bits per heavy atom. The lowest BCUT2D eigenvalue weighted by Crippen LogP contribution is -2.48. The fourth-order valence-corrected chi connectivity index (χ4v) is 2.07. The number of rotatable bonds is 5. The van der Waals surface area contributed by atoms with Crippen molar-refractivity contribution in [2.45, 2.75) is 19.1 Å². The van der Waals surface area contributed by atoms with Gasteiger partial charge in [0.25, 0.3) is 5.91 Å². The van der Waals surface area contributed by atoms with Crippen molar-refractivity contribution in [2.75, 3.05) is 7.11 Å². The number of carbonyl (C=O) groups excluding carboxylic acids is 2. The molecule has 0 unspecified atom stereocenters. The molecule has 0 radical (unpaired) electrons. The predicted molar refractivity (Wildman–Crippen MR) is 84.6 cm³/mol. The van der Waals surface area contributed by atoms with Gasteiger partial charge in [0.05, 0.1) is 24.5 Å². The SMILES string of the molecule is COC(=O)[C@@H](NC(=O)c1ccc(-c2cccc(F)c2)nc1)[C@@H](C)O. The molecule has 7 heteroatoms. The van der Waals surface area contributed by atoms with Gasteiger partial charge in [-0.15, -0.1) is 0 Å². The molecule has 1 heterocycles. The van der Waals surface area contributed by atoms with Crippen molar-refractivity contribution in [1.29, 1.82) is 0 Å². The fraction of sp³-hybridized carbons (Fsp3) is 0.235. The highest BCUT2D eigenvalue weighted by Crippen LogP contribution is 2.18. The maximum absolute atomic E-state index is 13.2. The molecule has 0 bridgehead atoms. The Morgan fingerprint density at radius 2 is 2.04 bits per heavy atom. The van der Waals surface area contributed by atoms with Gasteiger partial charge in [-0.05, 0) is 31.2 Å². The van der Waals surface area contributed by atoms with E-state index in [0.717, 1.165) is 0 Å². The number of hydrogen-bond acceptors (Lipinski definition) is 5. The predicted octanol–water partition coefficient (Wildman–Crippen LogP) is 1.54. The van der Waals surface area contributed by atoms with Crippen LogP contribution in [0.5, 0.6) is 0 Å². The van der Waals surface area contributed by atoms with Crippen LogP contribution in [0.4, 0.5) is 4.39 Å². The normalized spacial score (nSPS) is 13.0. The first-order valence-electron chi connectivity index (χ1n) is 7.21. The van der Waals surface area contributed by atoms with Crippen molar-refractivity contribution < 1.29 is 23.8 Å². The molecular formula is C17H17FN2O4. The number of nitrogens with one attached hydrogen (secondary N) is 1. The molecular weight excluding hydrogens is 315 g/mol. The molecule has 1 aromatic heterocycles. The van der Waals surface area contributed by atoms with Gasteiger partial charge in [-0.2, -0.15) is 0 Å². The zero-order valence-corrected chi connectivity index (χ0v) is 13.2. The molecule has 24 heavy (non-hydrogen) atoms. The lowest BCUT2D eigenvalue weighted by atomic mass is 10.1. The van der Waals surface area contributed by atoms with Crippen LogP contribution < -0.4 is 5.32 Å². The number of aromatic nitrogens is 1. The van der Waals surface area contributed by atoms with Gasteiger partial charge in [0.1, 0.15) is 5.82 Å². The molecule has 0 aliphatic heterocycles. The van der Waals surface area contributed by atoms with E-state index < -0.39 is 24.0 Å². The molecule has 2 N–H and O–H groups in total. The average Bonchev–Trinajstić information content (AvgIpc) is 2.58. The van der Waals surface area contributed by atoms with Crippen molar-refractivity contribution in [2.24, 2.45) is 0 Å². The number of halogens is 1. The van der Waals surface area contributed by atoms with Crippen molar-refractivity contribution in [1.82, 2.24) is 10.3 Å². The summed E-state index contributed by atoms with van der Waals surface area (Å²) < 4.78 is 17.8. The average molecular weight is 332 g/mol. The second-order valence-electron chi connectivity index (χ2n) is 5.16. The van der Waals surface area contributed by atoms with E-state index in [2.05, 4.69) is 15.0 Å². The van der Waals surface area contributed by atoms with Crippen LogP contribution in [0, 0.1) is 5.82 Å². The summed E-state index contributed by atoms with van der Waals surface area (Å²) in [5, 5.41) is 11.9. The Labute approximate surface area is 138 Å². The van der Waals surface area contributed by atoms with Gasteiger partial charge in [-0.3, -0.25) is 9.78 Å². The van der Waals surface area contributed by atoms with Gasteiger partial charge < -0.3 is 15.2 Å². The largest absolute Gasteiger partial charge is 0.467 e. The third kappa shape index (κ3) is 4.14. The summed E-state index contributed by atoms with van der Waals surface area (Å²) in [4.78, 5) is 27.8. The minimum absolute atomic E-state index is 0.199. The topological polar surface area (TPSA) is 88.5 Å². The number of benzene rings is 1. The van der Waals surface area contributed by atoms with Gasteiger partial charge in [-0.25, -0.2) is 9.18 Å². The van der Waals surface area contributed by atoms with Crippen LogP contribution in [0.15, 0.2) is 42.6 Å². The van der Waals surface area contributed by atoms with Crippen LogP contribution >= 0.6 is 0 Å². The molecule has 0 saturated heterocycles. The van der Waals surface area contributed by atoms with E-state index >= 15 is 0 Å². The first kappa shape index (κ1) is 17.6. The number of methoxy groups -OCH3 is 1. The number of hydrogen-bond donors (Lipinski definition) is 2. The Morgan fingerprint density at radius 3 is 2.58 bits per heavy atom. The second kappa shape index (κ2) is 7.65. The molecule has 2 aromatic rings. The van der Waals surface area contributed by atoms with Crippen molar-refractivity contribution in [3.63, 3.8) is 0 Å². The smallest absolute Gasteiger partial charge is 0.331 e. The molecule has 0 spiro atoms. The molecule has 0 fully saturated rings. The van der Waals surface area contributed by atoms with Crippen molar-refractivity contribution >= 4 is 11.9 Å². The standard InChI is InChI=1S/C17H17FN2O4/c1-10(21)15(17(23)24-2)20-16(22)12-6-7-14(19-9-12)11-4-3-5-13(18)8-11/h3-10,15,21H,1-2H3,(H,20,22)/t10-,15+/m1/s1. The number of pyridine rings is 1. The van der Waals surface area contributed by atoms with Crippen LogP contribution in [0.3, 0.4) is 0 Å². The minimum atomic E-state index is -1.18. The van der Waals surface area contributed by atoms with Crippen LogP contribution in [0.1, 0.15) is 17.3 Å². The molecule has 2 atom stereocenters. The Hall–Kier alpha value is -2.80. The van der Waals surface area contributed by atoms with Gasteiger partial charge in [0.15, 0.2) is 6.04 Å². The van der Waals surface area contributed by atoms with Crippen LogP contribution in [0.2, 0.25) is 0 Å². The minimum Gasteiger partial charge on any atom is -0.467 e. The van der Waals surface area contributed by atoms with Crippen molar-refractivity contribution in [3.05, 3.63) is 54.0 Å². The summed E-state index contributed by atoms with van der Waals surface area (Å²) in [6, 6.07) is 7.82. The zero-order chi connectivity index (χ0) is 17.7. The molecule has 126 valence electrons. The summed E-state index contributed by atoms with van der Waals surface area (Å²) >= 11 is 0. The van der Waals surface area contributed by atoms with Gasteiger partial charge >= 0.3 is 5.97 Å². The van der Waals surface area contributed by atoms with Crippen LogP contribution in [-0.4, -0.2) is 41.2 Å².